The Hall–Kier alpha value is -5.24. The monoisotopic (exact) mass is 941 g/mol. The number of nitrogens with zero attached hydrogens (tertiary/aromatic N) is 3. The SMILES string of the molecule is COC(=O)[C@@]1(O[C@H](CN=[N+]=[N-])[C@@H](O)[C@@H]2O[C@@](OCC[Si](C)(C)C)(C(=O)OC)C[C@H](OC(=O)c3ccccc3)[C@H]2N)C[C@H](OC(C)=O)[C@@H](N)[C@H]([C@H](OC(C)=O)[C@@H](COC(C)=O)OC(C)=O)O1. The van der Waals surface area contributed by atoms with Crippen LogP contribution in [0.25, 0.3) is 10.4 Å². The second-order valence-corrected chi connectivity index (χ2v) is 22.0. The van der Waals surface area contributed by atoms with Crippen LogP contribution >= 0.6 is 0 Å². The van der Waals surface area contributed by atoms with E-state index in [2.05, 4.69) is 10.0 Å². The lowest BCUT2D eigenvalue weighted by Gasteiger charge is -2.50. The first-order chi connectivity index (χ1) is 30.4. The average molecular weight is 942 g/mol. The third-order valence-electron chi connectivity index (χ3n) is 10.1. The third-order valence-corrected chi connectivity index (χ3v) is 11.8. The molecule has 0 aromatic heterocycles. The average Bonchev–Trinajstić information content (AvgIpc) is 3.23. The standard InChI is InChI=1S/C40H59N5O19Si/c1-21(46)56-20-29(59-23(3)48)33(60-24(4)49)35-31(42)26(58-22(2)47)18-40(64-35,38(53)55-6)62-28(19-44-45-43)32(50)34-30(41)27(61-36(51)25-13-11-10-12-14-25)17-39(63-34,37(52)54-5)57-15-16-65(7,8)9/h10-14,26-35,50H,15-20,41-42H2,1-9H3/t26-,27-,28+,29+,30+,31+,32+,33+,34+,35+,39+,40+/m0/s1. The van der Waals surface area contributed by atoms with Crippen LogP contribution in [0.3, 0.4) is 0 Å². The van der Waals surface area contributed by atoms with Crippen molar-refractivity contribution in [3.8, 4) is 0 Å². The summed E-state index contributed by atoms with van der Waals surface area (Å²) in [7, 11) is 0.129. The number of hydrogen-bond acceptors (Lipinski definition) is 22. The van der Waals surface area contributed by atoms with Gasteiger partial charge in [-0.3, -0.25) is 19.2 Å². The van der Waals surface area contributed by atoms with Crippen molar-refractivity contribution in [2.24, 2.45) is 16.6 Å². The molecule has 0 radical (unpaired) electrons. The van der Waals surface area contributed by atoms with Gasteiger partial charge in [-0.05, 0) is 23.7 Å². The Bertz CT molecular complexity index is 1900. The van der Waals surface area contributed by atoms with Crippen LogP contribution in [-0.2, 0) is 80.9 Å². The molecule has 2 aliphatic rings. The zero-order valence-electron chi connectivity index (χ0n) is 37.7. The number of benzene rings is 1. The fourth-order valence-corrected chi connectivity index (χ4v) is 7.76. The number of esters is 7. The molecule has 65 heavy (non-hydrogen) atoms. The number of azide groups is 1. The highest BCUT2D eigenvalue weighted by molar-refractivity contribution is 6.76. The third kappa shape index (κ3) is 14.9. The molecule has 0 amide bonds. The van der Waals surface area contributed by atoms with Gasteiger partial charge in [-0.1, -0.05) is 43.0 Å². The number of aliphatic hydroxyl groups excluding tert-OH is 1. The quantitative estimate of drug-likeness (QED) is 0.0386. The van der Waals surface area contributed by atoms with Crippen molar-refractivity contribution in [1.29, 1.82) is 0 Å². The molecule has 1 aromatic carbocycles. The summed E-state index contributed by atoms with van der Waals surface area (Å²) in [6, 6.07) is 5.22. The number of carbonyl (C=O) groups is 7. The molecule has 24 nitrogen and oxygen atoms in total. The largest absolute Gasteiger partial charge is 0.465 e. The van der Waals surface area contributed by atoms with E-state index < -0.39 is 148 Å². The van der Waals surface area contributed by atoms with E-state index in [1.807, 2.05) is 19.6 Å². The van der Waals surface area contributed by atoms with Gasteiger partial charge in [0.1, 0.15) is 37.1 Å². The second kappa shape index (κ2) is 23.8. The Morgan fingerprint density at radius 3 is 1.91 bits per heavy atom. The van der Waals surface area contributed by atoms with Gasteiger partial charge in [0.2, 0.25) is 0 Å². The van der Waals surface area contributed by atoms with Crippen LogP contribution in [0.5, 0.6) is 0 Å². The molecule has 2 heterocycles. The molecule has 25 heteroatoms. The van der Waals surface area contributed by atoms with Crippen molar-refractivity contribution in [2.45, 2.75) is 139 Å². The van der Waals surface area contributed by atoms with E-state index in [1.165, 1.54) is 12.1 Å². The number of rotatable bonds is 21. The van der Waals surface area contributed by atoms with Gasteiger partial charge < -0.3 is 68.7 Å². The number of carbonyl (C=O) groups excluding carboxylic acids is 7. The Balaban J connectivity index is 2.26. The van der Waals surface area contributed by atoms with Crippen molar-refractivity contribution in [3.05, 3.63) is 46.3 Å². The maximum Gasteiger partial charge on any atom is 0.366 e. The van der Waals surface area contributed by atoms with E-state index in [4.69, 9.17) is 63.6 Å². The number of hydrogen-bond donors (Lipinski definition) is 3. The van der Waals surface area contributed by atoms with Crippen LogP contribution < -0.4 is 11.5 Å². The topological polar surface area (TPSA) is 342 Å². The molecule has 362 valence electrons. The highest BCUT2D eigenvalue weighted by Gasteiger charge is 2.61. The molecule has 0 spiro atoms. The smallest absolute Gasteiger partial charge is 0.366 e. The van der Waals surface area contributed by atoms with Gasteiger partial charge in [0.05, 0.1) is 57.4 Å². The minimum Gasteiger partial charge on any atom is -0.465 e. The second-order valence-electron chi connectivity index (χ2n) is 16.4. The molecule has 12 atom stereocenters. The van der Waals surface area contributed by atoms with Gasteiger partial charge >= 0.3 is 41.8 Å². The summed E-state index contributed by atoms with van der Waals surface area (Å²) in [5.74, 6) is -12.3. The van der Waals surface area contributed by atoms with Gasteiger partial charge in [0.15, 0.2) is 12.2 Å². The summed E-state index contributed by atoms with van der Waals surface area (Å²) in [4.78, 5) is 93.4. The number of aliphatic hydroxyl groups is 1. The van der Waals surface area contributed by atoms with Gasteiger partial charge in [-0.25, -0.2) is 14.4 Å². The summed E-state index contributed by atoms with van der Waals surface area (Å²) < 4.78 is 62.4. The van der Waals surface area contributed by atoms with E-state index in [0.29, 0.717) is 6.04 Å². The Labute approximate surface area is 375 Å². The fourth-order valence-electron chi connectivity index (χ4n) is 7.05. The first-order valence-electron chi connectivity index (χ1n) is 20.4. The summed E-state index contributed by atoms with van der Waals surface area (Å²) in [5.41, 5.74) is 22.9. The lowest BCUT2D eigenvalue weighted by atomic mass is 9.87. The van der Waals surface area contributed by atoms with Crippen molar-refractivity contribution < 1.29 is 90.8 Å². The molecular formula is C40H59N5O19Si. The van der Waals surface area contributed by atoms with Crippen molar-refractivity contribution in [2.75, 3.05) is 34.0 Å². The Morgan fingerprint density at radius 1 is 0.815 bits per heavy atom. The summed E-state index contributed by atoms with van der Waals surface area (Å²) in [5, 5.41) is 15.9. The van der Waals surface area contributed by atoms with Crippen molar-refractivity contribution in [1.82, 2.24) is 0 Å². The van der Waals surface area contributed by atoms with Gasteiger partial charge in [-0.15, -0.1) is 0 Å². The molecule has 0 unspecified atom stereocenters. The van der Waals surface area contributed by atoms with Crippen LogP contribution in [0.1, 0.15) is 50.9 Å². The molecule has 2 fully saturated rings. The minimum absolute atomic E-state index is 0.0609. The van der Waals surface area contributed by atoms with Crippen LogP contribution in [0.4, 0.5) is 0 Å². The lowest BCUT2D eigenvalue weighted by Crippen LogP contribution is -2.70. The molecule has 2 aliphatic heterocycles. The van der Waals surface area contributed by atoms with Crippen LogP contribution in [0, 0.1) is 0 Å². The summed E-state index contributed by atoms with van der Waals surface area (Å²) >= 11 is 0. The predicted molar refractivity (Wildman–Crippen MR) is 222 cm³/mol. The van der Waals surface area contributed by atoms with E-state index in [0.717, 1.165) is 41.9 Å². The van der Waals surface area contributed by atoms with Gasteiger partial charge in [0.25, 0.3) is 11.6 Å². The maximum absolute atomic E-state index is 14.1. The van der Waals surface area contributed by atoms with E-state index in [9.17, 15) is 44.2 Å². The van der Waals surface area contributed by atoms with Crippen LogP contribution in [0.15, 0.2) is 35.4 Å². The minimum atomic E-state index is -2.86. The molecule has 2 saturated heterocycles. The van der Waals surface area contributed by atoms with Crippen molar-refractivity contribution >= 4 is 49.9 Å². The lowest BCUT2D eigenvalue weighted by molar-refractivity contribution is -0.341. The summed E-state index contributed by atoms with van der Waals surface area (Å²) in [6.07, 6.45) is -15.8. The summed E-state index contributed by atoms with van der Waals surface area (Å²) in [6.45, 7) is 8.52. The molecule has 1 aromatic rings. The number of methoxy groups -OCH3 is 2. The maximum atomic E-state index is 14.1. The van der Waals surface area contributed by atoms with Crippen molar-refractivity contribution in [3.63, 3.8) is 0 Å². The van der Waals surface area contributed by atoms with E-state index >= 15 is 0 Å². The molecule has 3 rings (SSSR count). The zero-order valence-corrected chi connectivity index (χ0v) is 38.7. The molecule has 0 saturated carbocycles. The molecule has 0 bridgehead atoms. The Kier molecular flexibility index (Phi) is 19.8. The molecular weight excluding hydrogens is 883 g/mol. The predicted octanol–water partition coefficient (Wildman–Crippen LogP) is 0.952. The van der Waals surface area contributed by atoms with Crippen LogP contribution in [-0.4, -0.2) is 161 Å². The van der Waals surface area contributed by atoms with Crippen LogP contribution in [0.2, 0.25) is 25.7 Å². The van der Waals surface area contributed by atoms with Gasteiger partial charge in [0, 0.05) is 47.3 Å². The highest BCUT2D eigenvalue weighted by Crippen LogP contribution is 2.40. The number of nitrogens with two attached hydrogens (primary N) is 2. The Morgan fingerprint density at radius 2 is 1.37 bits per heavy atom. The van der Waals surface area contributed by atoms with E-state index in [1.54, 1.807) is 18.2 Å². The fraction of sp³-hybridized carbons (Fsp3) is 0.675. The highest BCUT2D eigenvalue weighted by atomic mass is 28.3. The van der Waals surface area contributed by atoms with Gasteiger partial charge in [-0.2, -0.15) is 0 Å². The molecule has 5 N–H and O–H groups in total. The normalized spacial score (nSPS) is 27.2. The first kappa shape index (κ1) is 54.1. The van der Waals surface area contributed by atoms with E-state index in [-0.39, 0.29) is 12.2 Å². The zero-order chi connectivity index (χ0) is 48.9. The first-order valence-corrected chi connectivity index (χ1v) is 24.1. The number of ether oxygens (including phenoxy) is 11. The molecule has 0 aliphatic carbocycles.